The number of carbonyl (C=O) groups is 1. The van der Waals surface area contributed by atoms with E-state index >= 15 is 0 Å². The summed E-state index contributed by atoms with van der Waals surface area (Å²) < 4.78 is 37.8. The number of halogens is 1. The Morgan fingerprint density at radius 2 is 1.89 bits per heavy atom. The quantitative estimate of drug-likeness (QED) is 0.650. The summed E-state index contributed by atoms with van der Waals surface area (Å²) in [6.45, 7) is 8.24. The van der Waals surface area contributed by atoms with E-state index in [1.165, 1.54) is 24.6 Å². The van der Waals surface area contributed by atoms with Crippen LogP contribution in [0.1, 0.15) is 38.7 Å². The Balaban J connectivity index is 1.65. The Hall–Kier alpha value is -1.47. The molecule has 27 heavy (non-hydrogen) atoms. The van der Waals surface area contributed by atoms with Gasteiger partial charge in [-0.3, -0.25) is 4.79 Å². The number of sulfone groups is 1. The van der Waals surface area contributed by atoms with E-state index in [1.807, 2.05) is 0 Å². The van der Waals surface area contributed by atoms with Crippen molar-refractivity contribution in [2.75, 3.05) is 31.9 Å². The summed E-state index contributed by atoms with van der Waals surface area (Å²) in [6.07, 6.45) is 2.04. The van der Waals surface area contributed by atoms with Crippen LogP contribution in [0, 0.1) is 17.7 Å². The second-order valence-corrected chi connectivity index (χ2v) is 10.0. The third-order valence-corrected chi connectivity index (χ3v) is 6.47. The molecule has 0 saturated carbocycles. The number of rotatable bonds is 9. The van der Waals surface area contributed by atoms with Crippen LogP contribution >= 0.6 is 0 Å². The van der Waals surface area contributed by atoms with E-state index in [2.05, 4.69) is 24.1 Å². The number of benzene rings is 1. The Labute approximate surface area is 162 Å². The van der Waals surface area contributed by atoms with Crippen LogP contribution in [0.25, 0.3) is 0 Å². The van der Waals surface area contributed by atoms with Gasteiger partial charge in [0.25, 0.3) is 0 Å². The van der Waals surface area contributed by atoms with Crippen LogP contribution < -0.4 is 5.32 Å². The Morgan fingerprint density at radius 3 is 2.56 bits per heavy atom. The number of likely N-dealkylation sites (tertiary alicyclic amines) is 1. The summed E-state index contributed by atoms with van der Waals surface area (Å²) in [5.74, 6) is -0.0301. The monoisotopic (exact) mass is 398 g/mol. The zero-order valence-corrected chi connectivity index (χ0v) is 17.1. The summed E-state index contributed by atoms with van der Waals surface area (Å²) >= 11 is 0. The molecular formula is C20H31FN2O3S. The molecule has 1 aromatic rings. The normalized spacial score (nSPS) is 21.1. The molecule has 0 bridgehead atoms. The summed E-state index contributed by atoms with van der Waals surface area (Å²) in [5, 5.41) is 2.79. The third-order valence-electron chi connectivity index (χ3n) is 4.89. The molecule has 1 fully saturated rings. The summed E-state index contributed by atoms with van der Waals surface area (Å²) in [6, 6.07) is 5.81. The van der Waals surface area contributed by atoms with Gasteiger partial charge in [0.1, 0.15) is 5.82 Å². The van der Waals surface area contributed by atoms with Gasteiger partial charge in [-0.15, -0.1) is 0 Å². The molecule has 2 atom stereocenters. The van der Waals surface area contributed by atoms with Crippen LogP contribution in [0.4, 0.5) is 4.39 Å². The molecule has 2 rings (SSSR count). The minimum Gasteiger partial charge on any atom is -0.356 e. The highest BCUT2D eigenvalue weighted by molar-refractivity contribution is 7.90. The van der Waals surface area contributed by atoms with E-state index in [9.17, 15) is 17.6 Å². The molecular weight excluding hydrogens is 367 g/mol. The molecule has 5 nitrogen and oxygen atoms in total. The molecule has 0 radical (unpaired) electrons. The summed E-state index contributed by atoms with van der Waals surface area (Å²) in [7, 11) is -3.52. The molecule has 1 amide bonds. The highest BCUT2D eigenvalue weighted by Crippen LogP contribution is 2.20. The van der Waals surface area contributed by atoms with Crippen LogP contribution in [0.15, 0.2) is 24.3 Å². The molecule has 1 aliphatic rings. The van der Waals surface area contributed by atoms with E-state index in [0.717, 1.165) is 26.1 Å². The lowest BCUT2D eigenvalue weighted by Crippen LogP contribution is -2.40. The van der Waals surface area contributed by atoms with Crippen LogP contribution in [0.2, 0.25) is 0 Å². The maximum atomic E-state index is 13.6. The molecule has 2 unspecified atom stereocenters. The first-order chi connectivity index (χ1) is 12.7. The Bertz CT molecular complexity index is 714. The third kappa shape index (κ3) is 7.97. The van der Waals surface area contributed by atoms with Gasteiger partial charge in [-0.05, 0) is 37.3 Å². The largest absolute Gasteiger partial charge is 0.356 e. The number of hydrogen-bond acceptors (Lipinski definition) is 4. The van der Waals surface area contributed by atoms with Gasteiger partial charge in [0.2, 0.25) is 5.91 Å². The van der Waals surface area contributed by atoms with Crippen molar-refractivity contribution < 1.29 is 17.6 Å². The predicted octanol–water partition coefficient (Wildman–Crippen LogP) is 2.61. The lowest BCUT2D eigenvalue weighted by Gasteiger charge is -2.34. The van der Waals surface area contributed by atoms with Crippen molar-refractivity contribution in [2.24, 2.45) is 11.8 Å². The number of nitrogens with zero attached hydrogens (tertiary/aromatic N) is 1. The van der Waals surface area contributed by atoms with Crippen LogP contribution in [0.3, 0.4) is 0 Å². The van der Waals surface area contributed by atoms with Crippen molar-refractivity contribution in [2.45, 2.75) is 38.9 Å². The molecule has 7 heteroatoms. The fourth-order valence-corrected chi connectivity index (χ4v) is 5.11. The van der Waals surface area contributed by atoms with Gasteiger partial charge < -0.3 is 10.2 Å². The van der Waals surface area contributed by atoms with E-state index in [0.29, 0.717) is 18.4 Å². The summed E-state index contributed by atoms with van der Waals surface area (Å²) in [5.41, 5.74) is 0.142. The number of carbonyl (C=O) groups excluding carboxylic acids is 1. The highest BCUT2D eigenvalue weighted by atomic mass is 32.2. The van der Waals surface area contributed by atoms with Gasteiger partial charge >= 0.3 is 0 Å². The smallest absolute Gasteiger partial charge is 0.221 e. The lowest BCUT2D eigenvalue weighted by atomic mass is 9.92. The first-order valence-corrected chi connectivity index (χ1v) is 11.5. The second kappa shape index (κ2) is 10.2. The average Bonchev–Trinajstić information content (AvgIpc) is 2.58. The van der Waals surface area contributed by atoms with Crippen LogP contribution in [0.5, 0.6) is 0 Å². The fraction of sp³-hybridized carbons (Fsp3) is 0.650. The maximum Gasteiger partial charge on any atom is 0.221 e. The number of hydrogen-bond donors (Lipinski definition) is 1. The van der Waals surface area contributed by atoms with Gasteiger partial charge in [0.05, 0.1) is 11.5 Å². The van der Waals surface area contributed by atoms with E-state index in [4.69, 9.17) is 0 Å². The van der Waals surface area contributed by atoms with Gasteiger partial charge in [-0.2, -0.15) is 0 Å². The first kappa shape index (κ1) is 21.8. The standard InChI is InChI=1S/C20H31FN2O3S/c1-16-12-17(2)14-23(13-16)10-5-9-22-20(24)8-11-27(25,26)15-18-6-3-4-7-19(18)21/h3-4,6-7,16-17H,5,8-15H2,1-2H3,(H,22,24). The summed E-state index contributed by atoms with van der Waals surface area (Å²) in [4.78, 5) is 14.3. The minimum absolute atomic E-state index is 0.0887. The zero-order valence-electron chi connectivity index (χ0n) is 16.3. The maximum absolute atomic E-state index is 13.6. The number of nitrogens with one attached hydrogen (secondary N) is 1. The first-order valence-electron chi connectivity index (χ1n) is 9.68. The minimum atomic E-state index is -3.52. The van der Waals surface area contributed by atoms with Crippen molar-refractivity contribution in [1.82, 2.24) is 10.2 Å². The fourth-order valence-electron chi connectivity index (χ4n) is 3.77. The van der Waals surface area contributed by atoms with Gasteiger partial charge in [-0.25, -0.2) is 12.8 Å². The average molecular weight is 399 g/mol. The predicted molar refractivity (Wildman–Crippen MR) is 106 cm³/mol. The van der Waals surface area contributed by atoms with Gasteiger partial charge in [-0.1, -0.05) is 32.0 Å². The van der Waals surface area contributed by atoms with Gasteiger partial charge in [0.15, 0.2) is 9.84 Å². The number of piperidine rings is 1. The molecule has 1 aliphatic heterocycles. The zero-order chi connectivity index (χ0) is 19.9. The topological polar surface area (TPSA) is 66.5 Å². The molecule has 0 aromatic heterocycles. The Kier molecular flexibility index (Phi) is 8.23. The molecule has 152 valence electrons. The molecule has 1 aromatic carbocycles. The second-order valence-electron chi connectivity index (χ2n) is 7.84. The molecule has 0 spiro atoms. The van der Waals surface area contributed by atoms with Crippen molar-refractivity contribution >= 4 is 15.7 Å². The van der Waals surface area contributed by atoms with E-state index in [1.54, 1.807) is 6.07 Å². The molecule has 1 N–H and O–H groups in total. The van der Waals surface area contributed by atoms with Gasteiger partial charge in [0, 0.05) is 31.6 Å². The van der Waals surface area contributed by atoms with Crippen molar-refractivity contribution in [3.05, 3.63) is 35.6 Å². The highest BCUT2D eigenvalue weighted by Gasteiger charge is 2.21. The van der Waals surface area contributed by atoms with Crippen LogP contribution in [-0.4, -0.2) is 51.2 Å². The lowest BCUT2D eigenvalue weighted by molar-refractivity contribution is -0.120. The molecule has 1 saturated heterocycles. The van der Waals surface area contributed by atoms with Crippen molar-refractivity contribution in [1.29, 1.82) is 0 Å². The van der Waals surface area contributed by atoms with Crippen molar-refractivity contribution in [3.63, 3.8) is 0 Å². The van der Waals surface area contributed by atoms with E-state index in [-0.39, 0.29) is 29.4 Å². The Morgan fingerprint density at radius 1 is 1.22 bits per heavy atom. The SMILES string of the molecule is CC1CC(C)CN(CCCNC(=O)CCS(=O)(=O)Cc2ccccc2F)C1. The van der Waals surface area contributed by atoms with E-state index < -0.39 is 15.7 Å². The van der Waals surface area contributed by atoms with Crippen molar-refractivity contribution in [3.8, 4) is 0 Å². The van der Waals surface area contributed by atoms with Crippen LogP contribution in [-0.2, 0) is 20.4 Å². The number of amides is 1. The molecule has 1 heterocycles. The molecule has 0 aliphatic carbocycles.